The molecule has 0 saturated carbocycles. The van der Waals surface area contributed by atoms with Gasteiger partial charge < -0.3 is 14.6 Å². The molecule has 144 valence electrons. The van der Waals surface area contributed by atoms with Crippen molar-refractivity contribution in [3.8, 4) is 11.3 Å². The summed E-state index contributed by atoms with van der Waals surface area (Å²) < 4.78 is 21.8. The molecule has 1 unspecified atom stereocenters. The number of fused-ring (bicyclic) bond motifs is 1. The van der Waals surface area contributed by atoms with Gasteiger partial charge >= 0.3 is 6.09 Å². The van der Waals surface area contributed by atoms with E-state index in [1.165, 1.54) is 24.1 Å². The minimum atomic E-state index is -0.576. The van der Waals surface area contributed by atoms with Gasteiger partial charge in [-0.25, -0.2) is 19.2 Å². The second-order valence-corrected chi connectivity index (χ2v) is 6.61. The SMILES string of the molecule is CC(=O)NCC1CN(c2ccc(-c3cnc4c(ccn4C)n3)c(F)c2)C(=O)O1. The third kappa shape index (κ3) is 3.26. The number of aryl methyl sites for hydroxylation is 1. The number of rotatable bonds is 4. The van der Waals surface area contributed by atoms with Crippen molar-refractivity contribution in [2.45, 2.75) is 13.0 Å². The topological polar surface area (TPSA) is 89.4 Å². The predicted octanol–water partition coefficient (Wildman–Crippen LogP) is 2.24. The molecule has 4 rings (SSSR count). The summed E-state index contributed by atoms with van der Waals surface area (Å²) >= 11 is 0. The standard InChI is InChI=1S/C19H18FN5O3/c1-11(26)21-8-13-10-25(19(27)28-13)12-3-4-14(15(20)7-12)17-9-22-18-16(23-17)5-6-24(18)2/h3-7,9,13H,8,10H2,1-2H3,(H,21,26). The Morgan fingerprint density at radius 1 is 1.39 bits per heavy atom. The zero-order valence-corrected chi connectivity index (χ0v) is 15.3. The van der Waals surface area contributed by atoms with Crippen LogP contribution in [0.4, 0.5) is 14.9 Å². The number of anilines is 1. The van der Waals surface area contributed by atoms with Gasteiger partial charge in [0.05, 0.1) is 30.7 Å². The normalized spacial score (nSPS) is 16.5. The van der Waals surface area contributed by atoms with Crippen LogP contribution in [0, 0.1) is 5.82 Å². The lowest BCUT2D eigenvalue weighted by Gasteiger charge is -2.14. The number of aromatic nitrogens is 3. The Hall–Kier alpha value is -3.49. The Balaban J connectivity index is 1.57. The molecule has 0 radical (unpaired) electrons. The predicted molar refractivity (Wildman–Crippen MR) is 100 cm³/mol. The maximum atomic E-state index is 14.8. The first-order valence-electron chi connectivity index (χ1n) is 8.73. The zero-order chi connectivity index (χ0) is 19.8. The summed E-state index contributed by atoms with van der Waals surface area (Å²) in [6, 6.07) is 6.29. The zero-order valence-electron chi connectivity index (χ0n) is 15.3. The first kappa shape index (κ1) is 17.9. The highest BCUT2D eigenvalue weighted by atomic mass is 19.1. The number of carbonyl (C=O) groups excluding carboxylic acids is 2. The van der Waals surface area contributed by atoms with Crippen molar-refractivity contribution in [2.75, 3.05) is 18.0 Å². The molecular formula is C19H18FN5O3. The number of benzene rings is 1. The average Bonchev–Trinajstić information content (AvgIpc) is 3.22. The summed E-state index contributed by atoms with van der Waals surface area (Å²) in [5.41, 5.74) is 2.48. The molecule has 3 aromatic rings. The third-order valence-electron chi connectivity index (χ3n) is 4.56. The van der Waals surface area contributed by atoms with Crippen molar-refractivity contribution < 1.29 is 18.7 Å². The molecule has 2 aromatic heterocycles. The fourth-order valence-electron chi connectivity index (χ4n) is 3.14. The summed E-state index contributed by atoms with van der Waals surface area (Å²) in [4.78, 5) is 33.2. The molecule has 1 aliphatic heterocycles. The highest BCUT2D eigenvalue weighted by molar-refractivity contribution is 5.90. The maximum Gasteiger partial charge on any atom is 0.414 e. The molecule has 1 atom stereocenters. The molecule has 1 saturated heterocycles. The third-order valence-corrected chi connectivity index (χ3v) is 4.56. The number of cyclic esters (lactones) is 1. The summed E-state index contributed by atoms with van der Waals surface area (Å²) in [5, 5.41) is 2.60. The van der Waals surface area contributed by atoms with E-state index < -0.39 is 18.0 Å². The van der Waals surface area contributed by atoms with Gasteiger partial charge in [0.15, 0.2) is 5.65 Å². The van der Waals surface area contributed by atoms with E-state index in [9.17, 15) is 14.0 Å². The van der Waals surface area contributed by atoms with Crippen LogP contribution < -0.4 is 10.2 Å². The lowest BCUT2D eigenvalue weighted by atomic mass is 10.1. The van der Waals surface area contributed by atoms with Crippen LogP contribution in [0.2, 0.25) is 0 Å². The van der Waals surface area contributed by atoms with E-state index in [1.54, 1.807) is 12.1 Å². The van der Waals surface area contributed by atoms with Gasteiger partial charge in [-0.15, -0.1) is 0 Å². The van der Waals surface area contributed by atoms with Crippen LogP contribution in [0.1, 0.15) is 6.92 Å². The first-order valence-corrected chi connectivity index (χ1v) is 8.73. The molecular weight excluding hydrogens is 365 g/mol. The maximum absolute atomic E-state index is 14.8. The Morgan fingerprint density at radius 3 is 2.96 bits per heavy atom. The second kappa shape index (κ2) is 6.91. The van der Waals surface area contributed by atoms with Crippen LogP contribution in [-0.4, -0.2) is 45.7 Å². The number of halogens is 1. The number of carbonyl (C=O) groups is 2. The van der Waals surface area contributed by atoms with Gasteiger partial charge in [-0.05, 0) is 24.3 Å². The largest absolute Gasteiger partial charge is 0.442 e. The number of hydrogen-bond acceptors (Lipinski definition) is 5. The molecule has 0 aliphatic carbocycles. The van der Waals surface area contributed by atoms with Crippen LogP contribution >= 0.6 is 0 Å². The van der Waals surface area contributed by atoms with Crippen LogP contribution in [0.25, 0.3) is 22.4 Å². The van der Waals surface area contributed by atoms with Gasteiger partial charge in [-0.3, -0.25) is 9.69 Å². The van der Waals surface area contributed by atoms with Crippen molar-refractivity contribution in [1.82, 2.24) is 19.9 Å². The van der Waals surface area contributed by atoms with Crippen LogP contribution in [0.15, 0.2) is 36.7 Å². The molecule has 0 bridgehead atoms. The summed E-state index contributed by atoms with van der Waals surface area (Å²) in [7, 11) is 1.86. The molecule has 28 heavy (non-hydrogen) atoms. The molecule has 9 heteroatoms. The van der Waals surface area contributed by atoms with Gasteiger partial charge in [0.2, 0.25) is 5.91 Å². The number of nitrogens with one attached hydrogen (secondary N) is 1. The summed E-state index contributed by atoms with van der Waals surface area (Å²) in [5.74, 6) is -0.721. The van der Waals surface area contributed by atoms with E-state index in [4.69, 9.17) is 4.74 Å². The monoisotopic (exact) mass is 383 g/mol. The second-order valence-electron chi connectivity index (χ2n) is 6.61. The van der Waals surface area contributed by atoms with Gasteiger partial charge in [0, 0.05) is 25.7 Å². The Bertz CT molecular complexity index is 1080. The first-order chi connectivity index (χ1) is 13.4. The van der Waals surface area contributed by atoms with Crippen molar-refractivity contribution in [2.24, 2.45) is 7.05 Å². The fraction of sp³-hybridized carbons (Fsp3) is 0.263. The van der Waals surface area contributed by atoms with Crippen molar-refractivity contribution in [1.29, 1.82) is 0 Å². The molecule has 2 amide bonds. The number of hydrogen-bond donors (Lipinski definition) is 1. The molecule has 1 N–H and O–H groups in total. The van der Waals surface area contributed by atoms with Crippen molar-refractivity contribution in [3.05, 3.63) is 42.5 Å². The fourth-order valence-corrected chi connectivity index (χ4v) is 3.14. The van der Waals surface area contributed by atoms with Crippen LogP contribution in [-0.2, 0) is 16.6 Å². The lowest BCUT2D eigenvalue weighted by molar-refractivity contribution is -0.119. The Morgan fingerprint density at radius 2 is 2.21 bits per heavy atom. The lowest BCUT2D eigenvalue weighted by Crippen LogP contribution is -2.33. The smallest absolute Gasteiger partial charge is 0.414 e. The van der Waals surface area contributed by atoms with E-state index in [2.05, 4.69) is 15.3 Å². The number of ether oxygens (including phenoxy) is 1. The molecule has 1 aliphatic rings. The summed E-state index contributed by atoms with van der Waals surface area (Å²) in [6.45, 7) is 1.83. The van der Waals surface area contributed by atoms with Gasteiger partial charge in [0.1, 0.15) is 17.4 Å². The Kier molecular flexibility index (Phi) is 4.42. The average molecular weight is 383 g/mol. The minimum Gasteiger partial charge on any atom is -0.442 e. The van der Waals surface area contributed by atoms with E-state index in [0.29, 0.717) is 28.1 Å². The van der Waals surface area contributed by atoms with E-state index >= 15 is 0 Å². The Labute approximate surface area is 159 Å². The van der Waals surface area contributed by atoms with Gasteiger partial charge in [0.25, 0.3) is 0 Å². The number of nitrogens with zero attached hydrogens (tertiary/aromatic N) is 4. The summed E-state index contributed by atoms with van der Waals surface area (Å²) in [6.07, 6.45) is 2.30. The van der Waals surface area contributed by atoms with E-state index in [0.717, 1.165) is 0 Å². The molecule has 1 aromatic carbocycles. The molecule has 0 spiro atoms. The molecule has 8 nitrogen and oxygen atoms in total. The highest BCUT2D eigenvalue weighted by Gasteiger charge is 2.32. The minimum absolute atomic E-state index is 0.207. The van der Waals surface area contributed by atoms with Gasteiger partial charge in [-0.1, -0.05) is 0 Å². The molecule has 1 fully saturated rings. The van der Waals surface area contributed by atoms with Gasteiger partial charge in [-0.2, -0.15) is 0 Å². The molecule has 3 heterocycles. The van der Waals surface area contributed by atoms with Crippen LogP contribution in [0.5, 0.6) is 0 Å². The van der Waals surface area contributed by atoms with Crippen LogP contribution in [0.3, 0.4) is 0 Å². The highest BCUT2D eigenvalue weighted by Crippen LogP contribution is 2.28. The van der Waals surface area contributed by atoms with E-state index in [-0.39, 0.29) is 19.0 Å². The van der Waals surface area contributed by atoms with Crippen molar-refractivity contribution >= 4 is 28.9 Å². The van der Waals surface area contributed by atoms with Crippen molar-refractivity contribution in [3.63, 3.8) is 0 Å². The quantitative estimate of drug-likeness (QED) is 0.746. The number of amides is 2. The van der Waals surface area contributed by atoms with E-state index in [1.807, 2.05) is 23.9 Å².